The van der Waals surface area contributed by atoms with Crippen LogP contribution in [0.15, 0.2) is 40.3 Å². The zero-order chi connectivity index (χ0) is 21.0. The molecule has 0 fully saturated rings. The summed E-state index contributed by atoms with van der Waals surface area (Å²) in [6, 6.07) is 10.3. The Balaban J connectivity index is 1.77. The van der Waals surface area contributed by atoms with Crippen molar-refractivity contribution in [2.24, 2.45) is 11.3 Å². The summed E-state index contributed by atoms with van der Waals surface area (Å²) in [6.45, 7) is 7.55. The van der Waals surface area contributed by atoms with Crippen molar-refractivity contribution in [3.63, 3.8) is 0 Å². The molecule has 7 heteroatoms. The molecule has 1 aromatic carbocycles. The molecule has 3 heterocycles. The number of aromatic nitrogens is 4. The minimum absolute atomic E-state index is 0.180. The largest absolute Gasteiger partial charge is 0.300 e. The zero-order valence-corrected chi connectivity index (χ0v) is 19.4. The van der Waals surface area contributed by atoms with E-state index in [1.165, 1.54) is 4.88 Å². The molecule has 0 spiro atoms. The first kappa shape index (κ1) is 19.8. The molecule has 5 nitrogen and oxygen atoms in total. The van der Waals surface area contributed by atoms with Crippen LogP contribution in [-0.4, -0.2) is 25.4 Å². The van der Waals surface area contributed by atoms with Gasteiger partial charge in [0.05, 0.1) is 6.54 Å². The Morgan fingerprint density at radius 3 is 2.67 bits per heavy atom. The van der Waals surface area contributed by atoms with Gasteiger partial charge in [-0.15, -0.1) is 21.5 Å². The standard InChI is InChI=1S/C23H26N4OS2/c1-23(2,3)15-10-11-16-17(12-15)30-20-18(19(16)28)26(13-14-8-6-5-7-9-14)21-24-25-22(29-4)27(20)21/h5-9,15H,10-13H2,1-4H3. The van der Waals surface area contributed by atoms with Crippen molar-refractivity contribution in [2.45, 2.75) is 51.7 Å². The molecule has 1 aliphatic rings. The predicted octanol–water partition coefficient (Wildman–Crippen LogP) is 5.03. The number of thioether (sulfide) groups is 1. The van der Waals surface area contributed by atoms with E-state index in [1.807, 2.05) is 24.5 Å². The van der Waals surface area contributed by atoms with E-state index in [2.05, 4.69) is 52.1 Å². The van der Waals surface area contributed by atoms with Crippen LogP contribution in [0.4, 0.5) is 0 Å². The SMILES string of the molecule is CSc1nnc2n(Cc3ccccc3)c3c(=O)c4c(sc3n12)CC(C(C)(C)C)CC4. The lowest BCUT2D eigenvalue weighted by Gasteiger charge is -2.34. The predicted molar refractivity (Wildman–Crippen MR) is 125 cm³/mol. The van der Waals surface area contributed by atoms with E-state index in [0.717, 1.165) is 51.7 Å². The highest BCUT2D eigenvalue weighted by molar-refractivity contribution is 7.98. The van der Waals surface area contributed by atoms with Crippen molar-refractivity contribution in [3.8, 4) is 0 Å². The lowest BCUT2D eigenvalue weighted by Crippen LogP contribution is -2.29. The molecule has 156 valence electrons. The van der Waals surface area contributed by atoms with Crippen LogP contribution in [0.1, 0.15) is 43.2 Å². The van der Waals surface area contributed by atoms with E-state index in [9.17, 15) is 4.79 Å². The molecule has 1 aliphatic carbocycles. The monoisotopic (exact) mass is 438 g/mol. The van der Waals surface area contributed by atoms with Crippen LogP contribution in [-0.2, 0) is 19.4 Å². The third kappa shape index (κ3) is 3.10. The lowest BCUT2D eigenvalue weighted by molar-refractivity contribution is 0.217. The number of nitrogens with zero attached hydrogens (tertiary/aromatic N) is 4. The molecular formula is C23H26N4OS2. The molecule has 5 rings (SSSR count). The van der Waals surface area contributed by atoms with Crippen molar-refractivity contribution >= 4 is 39.2 Å². The van der Waals surface area contributed by atoms with Crippen molar-refractivity contribution in [3.05, 3.63) is 56.6 Å². The Kier molecular flexibility index (Phi) is 4.78. The van der Waals surface area contributed by atoms with Gasteiger partial charge in [0.15, 0.2) is 5.16 Å². The summed E-state index contributed by atoms with van der Waals surface area (Å²) < 4.78 is 4.14. The van der Waals surface area contributed by atoms with E-state index >= 15 is 0 Å². The number of benzene rings is 1. The molecule has 0 amide bonds. The first-order valence-corrected chi connectivity index (χ1v) is 12.4. The van der Waals surface area contributed by atoms with E-state index in [4.69, 9.17) is 0 Å². The molecular weight excluding hydrogens is 412 g/mol. The van der Waals surface area contributed by atoms with Crippen LogP contribution in [0.3, 0.4) is 0 Å². The molecule has 30 heavy (non-hydrogen) atoms. The fraction of sp³-hybridized carbons (Fsp3) is 0.435. The maximum atomic E-state index is 13.7. The van der Waals surface area contributed by atoms with Crippen molar-refractivity contribution in [2.75, 3.05) is 6.26 Å². The van der Waals surface area contributed by atoms with Crippen LogP contribution >= 0.6 is 23.1 Å². The molecule has 0 radical (unpaired) electrons. The smallest absolute Gasteiger partial charge is 0.238 e. The molecule has 1 unspecified atom stereocenters. The molecule has 0 bridgehead atoms. The summed E-state index contributed by atoms with van der Waals surface area (Å²) >= 11 is 3.34. The third-order valence-electron chi connectivity index (χ3n) is 6.34. The van der Waals surface area contributed by atoms with Gasteiger partial charge in [-0.1, -0.05) is 62.9 Å². The maximum absolute atomic E-state index is 13.7. The molecule has 4 aromatic rings. The quantitative estimate of drug-likeness (QED) is 0.421. The first-order chi connectivity index (χ1) is 14.4. The minimum atomic E-state index is 0.180. The van der Waals surface area contributed by atoms with Crippen molar-refractivity contribution in [1.82, 2.24) is 19.2 Å². The molecule has 0 saturated carbocycles. The first-order valence-electron chi connectivity index (χ1n) is 10.4. The Morgan fingerprint density at radius 2 is 1.97 bits per heavy atom. The van der Waals surface area contributed by atoms with Crippen molar-refractivity contribution < 1.29 is 0 Å². The summed E-state index contributed by atoms with van der Waals surface area (Å²) in [5.74, 6) is 1.35. The lowest BCUT2D eigenvalue weighted by atomic mass is 9.72. The average molecular weight is 439 g/mol. The van der Waals surface area contributed by atoms with Crippen molar-refractivity contribution in [1.29, 1.82) is 0 Å². The summed E-state index contributed by atoms with van der Waals surface area (Å²) in [7, 11) is 0. The highest BCUT2D eigenvalue weighted by Gasteiger charge is 2.32. The summed E-state index contributed by atoms with van der Waals surface area (Å²) in [6.07, 6.45) is 4.94. The minimum Gasteiger partial charge on any atom is -0.300 e. The van der Waals surface area contributed by atoms with Gasteiger partial charge in [-0.2, -0.15) is 0 Å². The summed E-state index contributed by atoms with van der Waals surface area (Å²) in [4.78, 5) is 16.0. The van der Waals surface area contributed by atoms with Crippen LogP contribution in [0.2, 0.25) is 0 Å². The number of rotatable bonds is 3. The van der Waals surface area contributed by atoms with E-state index in [-0.39, 0.29) is 10.8 Å². The van der Waals surface area contributed by atoms with Gasteiger partial charge in [-0.25, -0.2) is 4.40 Å². The van der Waals surface area contributed by atoms with Gasteiger partial charge in [-0.3, -0.25) is 9.36 Å². The van der Waals surface area contributed by atoms with Gasteiger partial charge >= 0.3 is 0 Å². The van der Waals surface area contributed by atoms with Crippen LogP contribution in [0.25, 0.3) is 16.1 Å². The van der Waals surface area contributed by atoms with Gasteiger partial charge in [0.25, 0.3) is 0 Å². The Hall–Kier alpha value is -2.12. The molecule has 0 aliphatic heterocycles. The van der Waals surface area contributed by atoms with E-state index in [0.29, 0.717) is 12.5 Å². The summed E-state index contributed by atoms with van der Waals surface area (Å²) in [5.41, 5.74) is 3.37. The highest BCUT2D eigenvalue weighted by Crippen LogP contribution is 2.40. The van der Waals surface area contributed by atoms with Crippen LogP contribution < -0.4 is 5.43 Å². The molecule has 1 atom stereocenters. The molecule has 0 saturated heterocycles. The second-order valence-corrected chi connectivity index (χ2v) is 11.0. The second kappa shape index (κ2) is 7.24. The van der Waals surface area contributed by atoms with Crippen LogP contribution in [0.5, 0.6) is 0 Å². The van der Waals surface area contributed by atoms with Gasteiger partial charge in [0.2, 0.25) is 11.2 Å². The number of fused-ring (bicyclic) bond motifs is 4. The Bertz CT molecular complexity index is 1290. The van der Waals surface area contributed by atoms with E-state index in [1.54, 1.807) is 23.1 Å². The van der Waals surface area contributed by atoms with E-state index < -0.39 is 0 Å². The third-order valence-corrected chi connectivity index (χ3v) is 8.20. The number of imidazole rings is 1. The van der Waals surface area contributed by atoms with Gasteiger partial charge < -0.3 is 0 Å². The molecule has 3 aromatic heterocycles. The average Bonchev–Trinajstić information content (AvgIpc) is 3.27. The molecule has 0 N–H and O–H groups in total. The summed E-state index contributed by atoms with van der Waals surface area (Å²) in [5, 5.41) is 9.68. The van der Waals surface area contributed by atoms with Gasteiger partial charge in [0.1, 0.15) is 10.3 Å². The number of hydrogen-bond donors (Lipinski definition) is 0. The zero-order valence-electron chi connectivity index (χ0n) is 17.8. The fourth-order valence-corrected chi connectivity index (χ4v) is 6.48. The second-order valence-electron chi connectivity index (χ2n) is 9.19. The Labute approximate surface area is 184 Å². The fourth-order valence-electron chi connectivity index (χ4n) is 4.55. The van der Waals surface area contributed by atoms with Gasteiger partial charge in [-0.05, 0) is 42.4 Å². The topological polar surface area (TPSA) is 52.2 Å². The highest BCUT2D eigenvalue weighted by atomic mass is 32.2. The maximum Gasteiger partial charge on any atom is 0.238 e. The normalized spacial score (nSPS) is 17.0. The van der Waals surface area contributed by atoms with Gasteiger partial charge in [0, 0.05) is 10.4 Å². The van der Waals surface area contributed by atoms with Crippen LogP contribution in [0, 0.1) is 11.3 Å². The Morgan fingerprint density at radius 1 is 1.20 bits per heavy atom. The number of hydrogen-bond acceptors (Lipinski definition) is 5.